The Balaban J connectivity index is 1.53. The van der Waals surface area contributed by atoms with Gasteiger partial charge in [-0.25, -0.2) is 4.98 Å². The highest BCUT2D eigenvalue weighted by Gasteiger charge is 2.11. The average molecular weight is 400 g/mol. The van der Waals surface area contributed by atoms with Gasteiger partial charge in [0.05, 0.1) is 11.0 Å². The lowest BCUT2D eigenvalue weighted by atomic mass is 10.2. The number of carbonyl (C=O) groups is 1. The van der Waals surface area contributed by atoms with Crippen molar-refractivity contribution in [3.05, 3.63) is 59.4 Å². The molecule has 0 radical (unpaired) electrons. The summed E-state index contributed by atoms with van der Waals surface area (Å²) in [6, 6.07) is 15.1. The molecule has 28 heavy (non-hydrogen) atoms. The quantitative estimate of drug-likeness (QED) is 0.506. The minimum Gasteiger partial charge on any atom is -0.484 e. The predicted octanol–water partition coefficient (Wildman–Crippen LogP) is 4.62. The van der Waals surface area contributed by atoms with E-state index in [0.29, 0.717) is 23.7 Å². The first-order chi connectivity index (χ1) is 13.7. The lowest BCUT2D eigenvalue weighted by molar-refractivity contribution is -0.123. The van der Waals surface area contributed by atoms with E-state index < -0.39 is 0 Å². The zero-order chi connectivity index (χ0) is 19.8. The van der Waals surface area contributed by atoms with E-state index in [1.54, 1.807) is 24.3 Å². The lowest BCUT2D eigenvalue weighted by Crippen LogP contribution is -2.31. The molecule has 0 fully saturated rings. The Bertz CT molecular complexity index is 906. The third kappa shape index (κ3) is 5.49. The summed E-state index contributed by atoms with van der Waals surface area (Å²) in [5, 5.41) is 3.55. The Morgan fingerprint density at radius 1 is 1.14 bits per heavy atom. The number of carbonyl (C=O) groups excluding carboxylic acids is 1. The first-order valence-corrected chi connectivity index (χ1v) is 10.1. The van der Waals surface area contributed by atoms with Crippen LogP contribution in [0.2, 0.25) is 5.02 Å². The molecule has 0 unspecified atom stereocenters. The Hall–Kier alpha value is -2.53. The minimum atomic E-state index is -0.149. The second-order valence-electron chi connectivity index (χ2n) is 6.72. The van der Waals surface area contributed by atoms with Gasteiger partial charge in [-0.1, -0.05) is 43.5 Å². The maximum absolute atomic E-state index is 12.1. The van der Waals surface area contributed by atoms with E-state index in [-0.39, 0.29) is 12.5 Å². The van der Waals surface area contributed by atoms with Gasteiger partial charge < -0.3 is 14.6 Å². The third-order valence-corrected chi connectivity index (χ3v) is 4.83. The number of aromatic nitrogens is 2. The van der Waals surface area contributed by atoms with Crippen LogP contribution in [0.1, 0.15) is 32.0 Å². The topological polar surface area (TPSA) is 56.2 Å². The van der Waals surface area contributed by atoms with Crippen LogP contribution in [-0.4, -0.2) is 28.6 Å². The number of halogens is 1. The summed E-state index contributed by atoms with van der Waals surface area (Å²) in [4.78, 5) is 16.8. The van der Waals surface area contributed by atoms with Crippen molar-refractivity contribution in [1.29, 1.82) is 0 Å². The summed E-state index contributed by atoms with van der Waals surface area (Å²) in [6.07, 6.45) is 4.20. The second-order valence-corrected chi connectivity index (χ2v) is 7.15. The maximum Gasteiger partial charge on any atom is 0.257 e. The van der Waals surface area contributed by atoms with Crippen molar-refractivity contribution in [3.8, 4) is 5.75 Å². The molecule has 0 aliphatic carbocycles. The summed E-state index contributed by atoms with van der Waals surface area (Å²) in [5.41, 5.74) is 2.16. The molecule has 0 aliphatic rings. The smallest absolute Gasteiger partial charge is 0.257 e. The van der Waals surface area contributed by atoms with Gasteiger partial charge in [0.1, 0.15) is 11.6 Å². The van der Waals surface area contributed by atoms with Crippen molar-refractivity contribution in [3.63, 3.8) is 0 Å². The SMILES string of the molecule is CCCCCn1c(CCNC(=O)COc2ccc(Cl)cc2)nc2ccccc21. The van der Waals surface area contributed by atoms with Crippen LogP contribution in [0.3, 0.4) is 0 Å². The molecule has 1 aromatic heterocycles. The fourth-order valence-corrected chi connectivity index (χ4v) is 3.26. The molecule has 148 valence electrons. The van der Waals surface area contributed by atoms with Crippen LogP contribution in [0.5, 0.6) is 5.75 Å². The highest BCUT2D eigenvalue weighted by molar-refractivity contribution is 6.30. The normalized spacial score (nSPS) is 10.9. The van der Waals surface area contributed by atoms with Crippen LogP contribution in [0, 0.1) is 0 Å². The van der Waals surface area contributed by atoms with Gasteiger partial charge in [0, 0.05) is 24.5 Å². The molecule has 0 saturated carbocycles. The van der Waals surface area contributed by atoms with Gasteiger partial charge >= 0.3 is 0 Å². The molecule has 3 rings (SSSR count). The molecular weight excluding hydrogens is 374 g/mol. The maximum atomic E-state index is 12.1. The molecule has 0 aliphatic heterocycles. The summed E-state index contributed by atoms with van der Waals surface area (Å²) in [7, 11) is 0. The molecule has 0 saturated heterocycles. The number of nitrogens with one attached hydrogen (secondary N) is 1. The van der Waals surface area contributed by atoms with E-state index in [9.17, 15) is 4.79 Å². The van der Waals surface area contributed by atoms with Gasteiger partial charge in [0.25, 0.3) is 5.91 Å². The number of ether oxygens (including phenoxy) is 1. The summed E-state index contributed by atoms with van der Waals surface area (Å²) in [6.45, 7) is 3.67. The van der Waals surface area contributed by atoms with Crippen molar-refractivity contribution in [2.24, 2.45) is 0 Å². The first-order valence-electron chi connectivity index (χ1n) is 9.76. The van der Waals surface area contributed by atoms with Crippen molar-refractivity contribution in [2.75, 3.05) is 13.2 Å². The first kappa shape index (κ1) is 20.2. The third-order valence-electron chi connectivity index (χ3n) is 4.57. The van der Waals surface area contributed by atoms with Crippen LogP contribution in [0.4, 0.5) is 0 Å². The van der Waals surface area contributed by atoms with Crippen molar-refractivity contribution < 1.29 is 9.53 Å². The highest BCUT2D eigenvalue weighted by Crippen LogP contribution is 2.18. The zero-order valence-electron chi connectivity index (χ0n) is 16.2. The van der Waals surface area contributed by atoms with E-state index in [0.717, 1.165) is 29.8 Å². The van der Waals surface area contributed by atoms with Gasteiger partial charge in [-0.3, -0.25) is 4.79 Å². The zero-order valence-corrected chi connectivity index (χ0v) is 16.9. The van der Waals surface area contributed by atoms with E-state index in [4.69, 9.17) is 21.3 Å². The largest absolute Gasteiger partial charge is 0.484 e. The minimum absolute atomic E-state index is 0.0193. The molecule has 0 spiro atoms. The fraction of sp³-hybridized carbons (Fsp3) is 0.364. The molecule has 0 atom stereocenters. The molecule has 1 heterocycles. The molecule has 1 amide bonds. The van der Waals surface area contributed by atoms with Crippen LogP contribution in [-0.2, 0) is 17.8 Å². The predicted molar refractivity (Wildman–Crippen MR) is 113 cm³/mol. The Morgan fingerprint density at radius 3 is 2.71 bits per heavy atom. The van der Waals surface area contributed by atoms with Crippen LogP contribution >= 0.6 is 11.6 Å². The molecule has 3 aromatic rings. The summed E-state index contributed by atoms with van der Waals surface area (Å²) < 4.78 is 7.75. The number of fused-ring (bicyclic) bond motifs is 1. The number of unbranched alkanes of at least 4 members (excludes halogenated alkanes) is 2. The fourth-order valence-electron chi connectivity index (χ4n) is 3.13. The van der Waals surface area contributed by atoms with Gasteiger partial charge in [0.15, 0.2) is 6.61 Å². The number of benzene rings is 2. The van der Waals surface area contributed by atoms with Gasteiger partial charge in [0.2, 0.25) is 0 Å². The standard InChI is InChI=1S/C22H26ClN3O2/c1-2-3-6-15-26-20-8-5-4-7-19(20)25-21(26)13-14-24-22(27)16-28-18-11-9-17(23)10-12-18/h4-5,7-12H,2-3,6,13-16H2,1H3,(H,24,27). The molecule has 1 N–H and O–H groups in total. The average Bonchev–Trinajstić information content (AvgIpc) is 3.05. The van der Waals surface area contributed by atoms with Gasteiger partial charge in [-0.05, 0) is 42.8 Å². The van der Waals surface area contributed by atoms with E-state index in [1.165, 1.54) is 12.8 Å². The van der Waals surface area contributed by atoms with E-state index in [2.05, 4.69) is 22.9 Å². The van der Waals surface area contributed by atoms with Gasteiger partial charge in [-0.2, -0.15) is 0 Å². The molecule has 2 aromatic carbocycles. The number of para-hydroxylation sites is 2. The molecule has 0 bridgehead atoms. The number of amides is 1. The molecule has 6 heteroatoms. The van der Waals surface area contributed by atoms with E-state index in [1.807, 2.05) is 18.2 Å². The van der Waals surface area contributed by atoms with Crippen LogP contribution in [0.15, 0.2) is 48.5 Å². The van der Waals surface area contributed by atoms with Crippen molar-refractivity contribution in [1.82, 2.24) is 14.9 Å². The van der Waals surface area contributed by atoms with E-state index >= 15 is 0 Å². The molecule has 5 nitrogen and oxygen atoms in total. The van der Waals surface area contributed by atoms with Crippen LogP contribution < -0.4 is 10.1 Å². The molecular formula is C22H26ClN3O2. The summed E-state index contributed by atoms with van der Waals surface area (Å²) in [5.74, 6) is 1.48. The number of hydrogen-bond donors (Lipinski definition) is 1. The Kier molecular flexibility index (Phi) is 7.31. The Morgan fingerprint density at radius 2 is 1.93 bits per heavy atom. The van der Waals surface area contributed by atoms with Crippen LogP contribution in [0.25, 0.3) is 11.0 Å². The second kappa shape index (κ2) is 10.1. The number of imidazole rings is 1. The summed E-state index contributed by atoms with van der Waals surface area (Å²) >= 11 is 5.84. The highest BCUT2D eigenvalue weighted by atomic mass is 35.5. The number of nitrogens with zero attached hydrogens (tertiary/aromatic N) is 2. The Labute approximate surface area is 170 Å². The number of rotatable bonds is 10. The number of hydrogen-bond acceptors (Lipinski definition) is 3. The van der Waals surface area contributed by atoms with Gasteiger partial charge in [-0.15, -0.1) is 0 Å². The monoisotopic (exact) mass is 399 g/mol. The van der Waals surface area contributed by atoms with Crippen molar-refractivity contribution >= 4 is 28.5 Å². The number of aryl methyl sites for hydroxylation is 1. The van der Waals surface area contributed by atoms with Crippen molar-refractivity contribution in [2.45, 2.75) is 39.2 Å². The lowest BCUT2D eigenvalue weighted by Gasteiger charge is -2.10.